The largest absolute Gasteiger partial charge is 0.310 e. The number of hydrogen-bond donors (Lipinski definition) is 1. The molecule has 1 saturated carbocycles. The molecule has 0 saturated heterocycles. The lowest BCUT2D eigenvalue weighted by molar-refractivity contribution is 0.303. The number of aryl methyl sites for hydroxylation is 1. The van der Waals surface area contributed by atoms with Gasteiger partial charge in [-0.05, 0) is 37.9 Å². The zero-order valence-electron chi connectivity index (χ0n) is 11.2. The third kappa shape index (κ3) is 3.82. The van der Waals surface area contributed by atoms with Crippen LogP contribution in [0.1, 0.15) is 61.2 Å². The van der Waals surface area contributed by atoms with Crippen molar-refractivity contribution in [1.82, 2.24) is 5.32 Å². The summed E-state index contributed by atoms with van der Waals surface area (Å²) in [6, 6.07) is 5.17. The van der Waals surface area contributed by atoms with E-state index in [2.05, 4.69) is 31.3 Å². The number of hydrogen-bond acceptors (Lipinski definition) is 2. The lowest BCUT2D eigenvalue weighted by Crippen LogP contribution is -2.23. The average molecular weight is 251 g/mol. The molecule has 1 unspecified atom stereocenters. The van der Waals surface area contributed by atoms with Crippen LogP contribution in [0.25, 0.3) is 0 Å². The molecule has 0 amide bonds. The maximum Gasteiger partial charge on any atom is 0.0417 e. The van der Waals surface area contributed by atoms with Gasteiger partial charge in [0.2, 0.25) is 0 Å². The molecule has 1 aliphatic carbocycles. The predicted molar refractivity (Wildman–Crippen MR) is 76.7 cm³/mol. The SMILES string of the molecule is CCNC(CC1CCCCC1)c1ccc(C)s1. The molecule has 0 aliphatic heterocycles. The lowest BCUT2D eigenvalue weighted by Gasteiger charge is -2.26. The van der Waals surface area contributed by atoms with E-state index in [9.17, 15) is 0 Å². The van der Waals surface area contributed by atoms with E-state index in [-0.39, 0.29) is 0 Å². The van der Waals surface area contributed by atoms with Gasteiger partial charge in [0, 0.05) is 15.8 Å². The first-order valence-corrected chi connectivity index (χ1v) is 7.91. The number of nitrogens with one attached hydrogen (secondary N) is 1. The van der Waals surface area contributed by atoms with Crippen LogP contribution in [0.5, 0.6) is 0 Å². The quantitative estimate of drug-likeness (QED) is 0.801. The summed E-state index contributed by atoms with van der Waals surface area (Å²) in [5, 5.41) is 3.67. The van der Waals surface area contributed by atoms with Crippen molar-refractivity contribution in [3.8, 4) is 0 Å². The van der Waals surface area contributed by atoms with Crippen LogP contribution in [0.3, 0.4) is 0 Å². The van der Waals surface area contributed by atoms with Crippen LogP contribution < -0.4 is 5.32 Å². The molecule has 1 aromatic heterocycles. The molecular weight excluding hydrogens is 226 g/mol. The van der Waals surface area contributed by atoms with E-state index >= 15 is 0 Å². The minimum absolute atomic E-state index is 0.599. The molecule has 0 spiro atoms. The van der Waals surface area contributed by atoms with E-state index in [1.807, 2.05) is 11.3 Å². The van der Waals surface area contributed by atoms with Gasteiger partial charge in [-0.2, -0.15) is 0 Å². The summed E-state index contributed by atoms with van der Waals surface area (Å²) in [5.74, 6) is 0.954. The van der Waals surface area contributed by atoms with Gasteiger partial charge in [-0.3, -0.25) is 0 Å². The molecule has 1 atom stereocenters. The zero-order chi connectivity index (χ0) is 12.1. The van der Waals surface area contributed by atoms with Gasteiger partial charge in [-0.1, -0.05) is 39.0 Å². The van der Waals surface area contributed by atoms with Crippen molar-refractivity contribution in [1.29, 1.82) is 0 Å². The van der Waals surface area contributed by atoms with E-state index in [0.29, 0.717) is 6.04 Å². The zero-order valence-corrected chi connectivity index (χ0v) is 12.0. The van der Waals surface area contributed by atoms with Crippen molar-refractivity contribution in [2.45, 2.75) is 58.4 Å². The summed E-state index contributed by atoms with van der Waals surface area (Å²) in [6.45, 7) is 5.50. The van der Waals surface area contributed by atoms with Gasteiger partial charge in [0.1, 0.15) is 0 Å². The van der Waals surface area contributed by atoms with Crippen LogP contribution in [0, 0.1) is 12.8 Å². The fraction of sp³-hybridized carbons (Fsp3) is 0.733. The number of thiophene rings is 1. The lowest BCUT2D eigenvalue weighted by atomic mass is 9.84. The van der Waals surface area contributed by atoms with Crippen molar-refractivity contribution in [2.24, 2.45) is 5.92 Å². The Kier molecular flexibility index (Phi) is 5.05. The van der Waals surface area contributed by atoms with E-state index in [0.717, 1.165) is 12.5 Å². The van der Waals surface area contributed by atoms with E-state index in [4.69, 9.17) is 0 Å². The van der Waals surface area contributed by atoms with E-state index in [1.54, 1.807) is 0 Å². The molecule has 0 aromatic carbocycles. The van der Waals surface area contributed by atoms with E-state index < -0.39 is 0 Å². The number of rotatable bonds is 5. The summed E-state index contributed by atoms with van der Waals surface area (Å²) < 4.78 is 0. The van der Waals surface area contributed by atoms with Crippen molar-refractivity contribution in [3.63, 3.8) is 0 Å². The van der Waals surface area contributed by atoms with Gasteiger partial charge in [0.25, 0.3) is 0 Å². The second-order valence-corrected chi connectivity index (χ2v) is 6.62. The Morgan fingerprint density at radius 2 is 2.06 bits per heavy atom. The molecule has 1 heterocycles. The van der Waals surface area contributed by atoms with Crippen LogP contribution in [0.15, 0.2) is 12.1 Å². The molecule has 1 nitrogen and oxygen atoms in total. The van der Waals surface area contributed by atoms with Crippen LogP contribution in [-0.4, -0.2) is 6.54 Å². The smallest absolute Gasteiger partial charge is 0.0417 e. The molecule has 1 fully saturated rings. The standard InChI is InChI=1S/C15H25NS/c1-3-16-14(15-10-9-12(2)17-15)11-13-7-5-4-6-8-13/h9-10,13-14,16H,3-8,11H2,1-2H3. The summed E-state index contributed by atoms with van der Waals surface area (Å²) in [7, 11) is 0. The van der Waals surface area contributed by atoms with Crippen molar-refractivity contribution in [2.75, 3.05) is 6.54 Å². The average Bonchev–Trinajstić information content (AvgIpc) is 2.77. The Bertz CT molecular complexity index is 325. The van der Waals surface area contributed by atoms with Gasteiger partial charge >= 0.3 is 0 Å². The molecular formula is C15H25NS. The Hall–Kier alpha value is -0.340. The van der Waals surface area contributed by atoms with E-state index in [1.165, 1.54) is 48.3 Å². The van der Waals surface area contributed by atoms with Gasteiger partial charge in [0.05, 0.1) is 0 Å². The molecule has 1 N–H and O–H groups in total. The molecule has 17 heavy (non-hydrogen) atoms. The second kappa shape index (κ2) is 6.55. The molecule has 1 aliphatic rings. The van der Waals surface area contributed by atoms with Crippen molar-refractivity contribution < 1.29 is 0 Å². The molecule has 0 bridgehead atoms. The third-order valence-electron chi connectivity index (χ3n) is 3.85. The van der Waals surface area contributed by atoms with Crippen molar-refractivity contribution in [3.05, 3.63) is 21.9 Å². The first-order chi connectivity index (χ1) is 8.29. The Morgan fingerprint density at radius 3 is 2.65 bits per heavy atom. The topological polar surface area (TPSA) is 12.0 Å². The first-order valence-electron chi connectivity index (χ1n) is 7.09. The predicted octanol–water partition coefficient (Wildman–Crippen LogP) is 4.68. The van der Waals surface area contributed by atoms with Gasteiger partial charge in [-0.15, -0.1) is 11.3 Å². The maximum atomic E-state index is 3.67. The minimum atomic E-state index is 0.599. The Labute approximate surface area is 110 Å². The third-order valence-corrected chi connectivity index (χ3v) is 4.96. The highest BCUT2D eigenvalue weighted by atomic mass is 32.1. The second-order valence-electron chi connectivity index (χ2n) is 5.30. The molecule has 2 rings (SSSR count). The van der Waals surface area contributed by atoms with Gasteiger partial charge < -0.3 is 5.32 Å². The Balaban J connectivity index is 1.96. The van der Waals surface area contributed by atoms with Gasteiger partial charge in [0.15, 0.2) is 0 Å². The van der Waals surface area contributed by atoms with Crippen molar-refractivity contribution >= 4 is 11.3 Å². The fourth-order valence-corrected chi connectivity index (χ4v) is 3.91. The monoisotopic (exact) mass is 251 g/mol. The molecule has 1 aromatic rings. The maximum absolute atomic E-state index is 3.67. The summed E-state index contributed by atoms with van der Waals surface area (Å²) in [4.78, 5) is 2.97. The van der Waals surface area contributed by atoms with Crippen LogP contribution in [0.4, 0.5) is 0 Å². The summed E-state index contributed by atoms with van der Waals surface area (Å²) in [5.41, 5.74) is 0. The minimum Gasteiger partial charge on any atom is -0.310 e. The fourth-order valence-electron chi connectivity index (χ4n) is 2.94. The first kappa shape index (κ1) is 13.1. The van der Waals surface area contributed by atoms with Crippen LogP contribution in [-0.2, 0) is 0 Å². The van der Waals surface area contributed by atoms with Gasteiger partial charge in [-0.25, -0.2) is 0 Å². The van der Waals surface area contributed by atoms with Crippen LogP contribution in [0.2, 0.25) is 0 Å². The normalized spacial score (nSPS) is 19.4. The summed E-state index contributed by atoms with van der Waals surface area (Å²) >= 11 is 1.96. The highest BCUT2D eigenvalue weighted by molar-refractivity contribution is 7.12. The summed E-state index contributed by atoms with van der Waals surface area (Å²) in [6.07, 6.45) is 8.60. The highest BCUT2D eigenvalue weighted by Crippen LogP contribution is 2.34. The Morgan fingerprint density at radius 1 is 1.29 bits per heavy atom. The van der Waals surface area contributed by atoms with Crippen LogP contribution >= 0.6 is 11.3 Å². The molecule has 2 heteroatoms. The molecule has 0 radical (unpaired) electrons. The highest BCUT2D eigenvalue weighted by Gasteiger charge is 2.20. The molecule has 96 valence electrons.